The number of nitrogens with one attached hydrogen (secondary N) is 1. The monoisotopic (exact) mass is 292 g/mol. The minimum Gasteiger partial charge on any atom is -0.406 e. The first-order chi connectivity index (χ1) is 9.31. The first kappa shape index (κ1) is 16.1. The van der Waals surface area contributed by atoms with Crippen LogP contribution in [0.4, 0.5) is 23.7 Å². The van der Waals surface area contributed by atoms with Crippen molar-refractivity contribution in [2.45, 2.75) is 6.36 Å². The Kier molecular flexibility index (Phi) is 5.63. The van der Waals surface area contributed by atoms with E-state index in [1.165, 1.54) is 24.1 Å². The molecule has 0 aliphatic heterocycles. The molecule has 0 radical (unpaired) electrons. The van der Waals surface area contributed by atoms with E-state index < -0.39 is 6.36 Å². The van der Waals surface area contributed by atoms with Crippen molar-refractivity contribution in [1.82, 2.24) is 4.90 Å². The quantitative estimate of drug-likeness (QED) is 0.907. The Morgan fingerprint density at radius 1 is 1.30 bits per heavy atom. The molecule has 0 saturated carbocycles. The van der Waals surface area contributed by atoms with Crippen molar-refractivity contribution in [1.29, 1.82) is 0 Å². The van der Waals surface area contributed by atoms with Crippen molar-refractivity contribution in [3.05, 3.63) is 24.3 Å². The van der Waals surface area contributed by atoms with Gasteiger partial charge in [0.05, 0.1) is 6.61 Å². The van der Waals surface area contributed by atoms with Gasteiger partial charge in [-0.25, -0.2) is 4.79 Å². The second kappa shape index (κ2) is 6.99. The van der Waals surface area contributed by atoms with E-state index in [2.05, 4.69) is 10.1 Å². The molecule has 0 saturated heterocycles. The summed E-state index contributed by atoms with van der Waals surface area (Å²) in [5.74, 6) is -0.344. The first-order valence-electron chi connectivity index (χ1n) is 5.68. The van der Waals surface area contributed by atoms with Crippen LogP contribution in [-0.2, 0) is 4.74 Å². The zero-order valence-corrected chi connectivity index (χ0v) is 11.0. The van der Waals surface area contributed by atoms with Crippen LogP contribution in [0.3, 0.4) is 0 Å². The van der Waals surface area contributed by atoms with Crippen molar-refractivity contribution in [3.8, 4) is 5.75 Å². The molecule has 112 valence electrons. The Morgan fingerprint density at radius 2 is 1.90 bits per heavy atom. The summed E-state index contributed by atoms with van der Waals surface area (Å²) in [6.07, 6.45) is -4.73. The number of carbonyl (C=O) groups is 1. The average molecular weight is 292 g/mol. The molecule has 0 aliphatic carbocycles. The second-order valence-electron chi connectivity index (χ2n) is 3.92. The Balaban J connectivity index is 2.55. The maximum atomic E-state index is 12.0. The van der Waals surface area contributed by atoms with Crippen LogP contribution in [-0.4, -0.2) is 44.6 Å². The number of hydrogen-bond acceptors (Lipinski definition) is 3. The summed E-state index contributed by atoms with van der Waals surface area (Å²) in [6, 6.07) is 4.51. The molecule has 1 aromatic carbocycles. The molecule has 1 rings (SSSR count). The molecule has 0 unspecified atom stereocenters. The molecule has 0 aromatic heterocycles. The maximum Gasteiger partial charge on any atom is 0.573 e. The van der Waals surface area contributed by atoms with E-state index in [1.807, 2.05) is 0 Å². The van der Waals surface area contributed by atoms with Crippen LogP contribution in [0.1, 0.15) is 0 Å². The van der Waals surface area contributed by atoms with Crippen molar-refractivity contribution < 1.29 is 27.4 Å². The summed E-state index contributed by atoms with van der Waals surface area (Å²) < 4.78 is 44.5. The fraction of sp³-hybridized carbons (Fsp3) is 0.417. The zero-order valence-electron chi connectivity index (χ0n) is 11.0. The largest absolute Gasteiger partial charge is 0.573 e. The van der Waals surface area contributed by atoms with Crippen LogP contribution < -0.4 is 10.1 Å². The predicted octanol–water partition coefficient (Wildman–Crippen LogP) is 2.70. The Bertz CT molecular complexity index is 435. The predicted molar refractivity (Wildman–Crippen MR) is 66.6 cm³/mol. The Hall–Kier alpha value is -1.96. The highest BCUT2D eigenvalue weighted by atomic mass is 19.4. The highest BCUT2D eigenvalue weighted by Gasteiger charge is 2.30. The van der Waals surface area contributed by atoms with Gasteiger partial charge >= 0.3 is 12.4 Å². The molecule has 0 aliphatic rings. The van der Waals surface area contributed by atoms with Gasteiger partial charge in [-0.1, -0.05) is 0 Å². The minimum absolute atomic E-state index is 0.344. The van der Waals surface area contributed by atoms with Gasteiger partial charge in [0, 0.05) is 26.4 Å². The number of nitrogens with zero attached hydrogens (tertiary/aromatic N) is 1. The highest BCUT2D eigenvalue weighted by Crippen LogP contribution is 2.23. The lowest BCUT2D eigenvalue weighted by atomic mass is 10.3. The Labute approximate surface area is 114 Å². The number of alkyl halides is 3. The zero-order chi connectivity index (χ0) is 15.2. The molecule has 0 atom stereocenters. The third kappa shape index (κ3) is 5.79. The molecule has 1 aromatic rings. The van der Waals surface area contributed by atoms with Crippen LogP contribution in [0.5, 0.6) is 5.75 Å². The van der Waals surface area contributed by atoms with E-state index in [4.69, 9.17) is 4.74 Å². The molecule has 0 spiro atoms. The SMILES string of the molecule is COCCN(C)C(=O)Nc1ccc(OC(F)(F)F)cc1. The number of likely N-dealkylation sites (N-methyl/N-ethyl adjacent to an activating group) is 1. The van der Waals surface area contributed by atoms with Crippen LogP contribution in [0.2, 0.25) is 0 Å². The highest BCUT2D eigenvalue weighted by molar-refractivity contribution is 5.89. The van der Waals surface area contributed by atoms with Crippen LogP contribution >= 0.6 is 0 Å². The number of urea groups is 1. The summed E-state index contributed by atoms with van der Waals surface area (Å²) in [5, 5.41) is 2.54. The normalized spacial score (nSPS) is 11.1. The summed E-state index contributed by atoms with van der Waals surface area (Å²) in [6.45, 7) is 0.792. The topological polar surface area (TPSA) is 50.8 Å². The first-order valence-corrected chi connectivity index (χ1v) is 5.68. The fourth-order valence-electron chi connectivity index (χ4n) is 1.29. The lowest BCUT2D eigenvalue weighted by molar-refractivity contribution is -0.274. The molecule has 1 N–H and O–H groups in total. The van der Waals surface area contributed by atoms with Gasteiger partial charge < -0.3 is 19.7 Å². The second-order valence-corrected chi connectivity index (χ2v) is 3.92. The standard InChI is InChI=1S/C12H15F3N2O3/c1-17(7-8-19-2)11(18)16-9-3-5-10(6-4-9)20-12(13,14)15/h3-6H,7-8H2,1-2H3,(H,16,18). The van der Waals surface area contributed by atoms with Crippen molar-refractivity contribution in [2.75, 3.05) is 32.6 Å². The molecule has 2 amide bonds. The molecule has 5 nitrogen and oxygen atoms in total. The summed E-state index contributed by atoms with van der Waals surface area (Å²) in [5.41, 5.74) is 0.369. The van der Waals surface area contributed by atoms with Crippen LogP contribution in [0.25, 0.3) is 0 Å². The lowest BCUT2D eigenvalue weighted by Gasteiger charge is -2.17. The summed E-state index contributed by atoms with van der Waals surface area (Å²) >= 11 is 0. The minimum atomic E-state index is -4.73. The van der Waals surface area contributed by atoms with Crippen molar-refractivity contribution >= 4 is 11.7 Å². The van der Waals surface area contributed by atoms with E-state index in [-0.39, 0.29) is 11.8 Å². The molecule has 8 heteroatoms. The third-order valence-electron chi connectivity index (χ3n) is 2.32. The lowest BCUT2D eigenvalue weighted by Crippen LogP contribution is -2.33. The van der Waals surface area contributed by atoms with Gasteiger partial charge in [0.1, 0.15) is 5.75 Å². The number of anilines is 1. The number of halogens is 3. The third-order valence-corrected chi connectivity index (χ3v) is 2.32. The van der Waals surface area contributed by atoms with Crippen molar-refractivity contribution in [2.24, 2.45) is 0 Å². The van der Waals surface area contributed by atoms with Gasteiger partial charge in [0.2, 0.25) is 0 Å². The average Bonchev–Trinajstić information content (AvgIpc) is 2.36. The van der Waals surface area contributed by atoms with E-state index >= 15 is 0 Å². The number of hydrogen-bond donors (Lipinski definition) is 1. The molecule has 0 fully saturated rings. The smallest absolute Gasteiger partial charge is 0.406 e. The van der Waals surface area contributed by atoms with E-state index in [9.17, 15) is 18.0 Å². The molecular weight excluding hydrogens is 277 g/mol. The van der Waals surface area contributed by atoms with Crippen LogP contribution in [0.15, 0.2) is 24.3 Å². The number of ether oxygens (including phenoxy) is 2. The molecular formula is C12H15F3N2O3. The van der Waals surface area contributed by atoms with E-state index in [1.54, 1.807) is 7.05 Å². The summed E-state index contributed by atoms with van der Waals surface area (Å²) in [4.78, 5) is 13.1. The molecule has 0 bridgehead atoms. The molecule has 20 heavy (non-hydrogen) atoms. The van der Waals surface area contributed by atoms with Crippen LogP contribution in [0, 0.1) is 0 Å². The van der Waals surface area contributed by atoms with Gasteiger partial charge in [-0.3, -0.25) is 0 Å². The fourth-order valence-corrected chi connectivity index (χ4v) is 1.29. The number of methoxy groups -OCH3 is 1. The maximum absolute atomic E-state index is 12.0. The van der Waals surface area contributed by atoms with Gasteiger partial charge in [-0.05, 0) is 24.3 Å². The van der Waals surface area contributed by atoms with Gasteiger partial charge in [0.15, 0.2) is 0 Å². The number of carbonyl (C=O) groups excluding carboxylic acids is 1. The molecule has 0 heterocycles. The summed E-state index contributed by atoms with van der Waals surface area (Å²) in [7, 11) is 3.10. The Morgan fingerprint density at radius 3 is 2.40 bits per heavy atom. The number of amides is 2. The van der Waals surface area contributed by atoms with E-state index in [0.717, 1.165) is 12.1 Å². The van der Waals surface area contributed by atoms with Gasteiger partial charge in [0.25, 0.3) is 0 Å². The van der Waals surface area contributed by atoms with E-state index in [0.29, 0.717) is 18.8 Å². The van der Waals surface area contributed by atoms with Gasteiger partial charge in [-0.2, -0.15) is 0 Å². The van der Waals surface area contributed by atoms with Gasteiger partial charge in [-0.15, -0.1) is 13.2 Å². The number of rotatable bonds is 5. The van der Waals surface area contributed by atoms with Crippen molar-refractivity contribution in [3.63, 3.8) is 0 Å². The number of benzene rings is 1.